The molecule has 0 aliphatic heterocycles. The van der Waals surface area contributed by atoms with Crippen molar-refractivity contribution in [2.75, 3.05) is 0 Å². The van der Waals surface area contributed by atoms with Gasteiger partial charge in [-0.25, -0.2) is 9.78 Å². The Morgan fingerprint density at radius 2 is 2.30 bits per heavy atom. The number of hydrogen-bond donors (Lipinski definition) is 1. The molecular formula is C14H15BrN2O3. The molecule has 20 heavy (non-hydrogen) atoms. The van der Waals surface area contributed by atoms with Gasteiger partial charge in [0, 0.05) is 6.54 Å². The number of aromatic carboxylic acids is 1. The lowest BCUT2D eigenvalue weighted by molar-refractivity contribution is 0.0696. The third-order valence-corrected chi connectivity index (χ3v) is 3.44. The molecule has 0 radical (unpaired) electrons. The highest BCUT2D eigenvalue weighted by Crippen LogP contribution is 2.26. The van der Waals surface area contributed by atoms with Crippen LogP contribution in [-0.2, 0) is 13.2 Å². The quantitative estimate of drug-likeness (QED) is 0.877. The molecule has 2 aromatic rings. The summed E-state index contributed by atoms with van der Waals surface area (Å²) >= 11 is 3.32. The minimum absolute atomic E-state index is 0.222. The van der Waals surface area contributed by atoms with Crippen molar-refractivity contribution in [1.82, 2.24) is 9.55 Å². The maximum Gasteiger partial charge on any atom is 0.335 e. The summed E-state index contributed by atoms with van der Waals surface area (Å²) in [5.74, 6) is -0.350. The van der Waals surface area contributed by atoms with Crippen LogP contribution in [0.3, 0.4) is 0 Å². The van der Waals surface area contributed by atoms with Crippen molar-refractivity contribution < 1.29 is 14.6 Å². The van der Waals surface area contributed by atoms with Crippen LogP contribution in [0.25, 0.3) is 0 Å². The van der Waals surface area contributed by atoms with E-state index in [2.05, 4.69) is 27.8 Å². The second kappa shape index (κ2) is 6.56. The van der Waals surface area contributed by atoms with E-state index in [9.17, 15) is 4.79 Å². The van der Waals surface area contributed by atoms with Gasteiger partial charge in [-0.05, 0) is 40.5 Å². The Balaban J connectivity index is 2.07. The number of carboxylic acids is 1. The number of ether oxygens (including phenoxy) is 1. The van der Waals surface area contributed by atoms with Crippen molar-refractivity contribution in [3.63, 3.8) is 0 Å². The van der Waals surface area contributed by atoms with E-state index in [4.69, 9.17) is 9.84 Å². The van der Waals surface area contributed by atoms with Crippen LogP contribution in [0.15, 0.2) is 35.2 Å². The summed E-state index contributed by atoms with van der Waals surface area (Å²) in [5, 5.41) is 8.90. The molecule has 1 N–H and O–H groups in total. The van der Waals surface area contributed by atoms with Crippen molar-refractivity contribution in [2.45, 2.75) is 26.5 Å². The third kappa shape index (κ3) is 3.39. The van der Waals surface area contributed by atoms with Crippen molar-refractivity contribution in [2.24, 2.45) is 0 Å². The van der Waals surface area contributed by atoms with Crippen molar-refractivity contribution in [1.29, 1.82) is 0 Å². The molecule has 0 atom stereocenters. The standard InChI is InChI=1S/C14H15BrN2O3/c1-2-5-17-9-16-7-11(17)8-20-13-4-3-10(14(18)19)6-12(13)15/h3-4,6-7,9H,2,5,8H2,1H3,(H,18,19). The van der Waals surface area contributed by atoms with Gasteiger partial charge in [0.05, 0.1) is 28.3 Å². The summed E-state index contributed by atoms with van der Waals surface area (Å²) in [6.07, 6.45) is 4.58. The molecule has 106 valence electrons. The molecule has 6 heteroatoms. The normalized spacial score (nSPS) is 10.5. The highest BCUT2D eigenvalue weighted by Gasteiger charge is 2.09. The fraction of sp³-hybridized carbons (Fsp3) is 0.286. The lowest BCUT2D eigenvalue weighted by Crippen LogP contribution is -2.05. The first-order valence-corrected chi connectivity index (χ1v) is 7.05. The average molecular weight is 339 g/mol. The number of carboxylic acid groups (broad SMARTS) is 1. The Morgan fingerprint density at radius 3 is 2.95 bits per heavy atom. The molecule has 2 rings (SSSR count). The first-order valence-electron chi connectivity index (χ1n) is 6.26. The molecule has 0 fully saturated rings. The summed E-state index contributed by atoms with van der Waals surface area (Å²) in [5.41, 5.74) is 1.21. The zero-order chi connectivity index (χ0) is 14.5. The van der Waals surface area contributed by atoms with Gasteiger partial charge in [-0.15, -0.1) is 0 Å². The van der Waals surface area contributed by atoms with Crippen LogP contribution in [0.5, 0.6) is 5.75 Å². The Kier molecular flexibility index (Phi) is 4.79. The van der Waals surface area contributed by atoms with Gasteiger partial charge in [0.2, 0.25) is 0 Å². The third-order valence-electron chi connectivity index (χ3n) is 2.82. The second-order valence-corrected chi connectivity index (χ2v) is 5.17. The molecule has 0 saturated carbocycles. The zero-order valence-corrected chi connectivity index (χ0v) is 12.6. The van der Waals surface area contributed by atoms with Crippen LogP contribution >= 0.6 is 15.9 Å². The fourth-order valence-corrected chi connectivity index (χ4v) is 2.31. The van der Waals surface area contributed by atoms with Crippen LogP contribution in [0.2, 0.25) is 0 Å². The minimum atomic E-state index is -0.960. The number of rotatable bonds is 6. The van der Waals surface area contributed by atoms with Crippen LogP contribution < -0.4 is 4.74 Å². The summed E-state index contributed by atoms with van der Waals surface area (Å²) in [6.45, 7) is 3.40. The molecule has 5 nitrogen and oxygen atoms in total. The highest BCUT2D eigenvalue weighted by atomic mass is 79.9. The van der Waals surface area contributed by atoms with Gasteiger partial charge >= 0.3 is 5.97 Å². The molecule has 1 aromatic carbocycles. The smallest absolute Gasteiger partial charge is 0.335 e. The largest absolute Gasteiger partial charge is 0.486 e. The molecule has 1 heterocycles. The van der Waals surface area contributed by atoms with Crippen LogP contribution in [0, 0.1) is 0 Å². The first kappa shape index (κ1) is 14.6. The van der Waals surface area contributed by atoms with E-state index in [1.807, 2.05) is 4.57 Å². The molecular weight excluding hydrogens is 324 g/mol. The predicted molar refractivity (Wildman–Crippen MR) is 78.0 cm³/mol. The van der Waals surface area contributed by atoms with Crippen molar-refractivity contribution >= 4 is 21.9 Å². The topological polar surface area (TPSA) is 64.4 Å². The maximum absolute atomic E-state index is 10.9. The van der Waals surface area contributed by atoms with E-state index in [1.54, 1.807) is 18.6 Å². The summed E-state index contributed by atoms with van der Waals surface area (Å²) < 4.78 is 8.37. The van der Waals surface area contributed by atoms with E-state index >= 15 is 0 Å². The van der Waals surface area contributed by atoms with E-state index in [-0.39, 0.29) is 5.56 Å². The average Bonchev–Trinajstić information content (AvgIpc) is 2.85. The molecule has 0 bridgehead atoms. The van der Waals surface area contributed by atoms with Crippen molar-refractivity contribution in [3.05, 3.63) is 46.5 Å². The number of carbonyl (C=O) groups is 1. The van der Waals surface area contributed by atoms with Crippen LogP contribution in [-0.4, -0.2) is 20.6 Å². The molecule has 1 aromatic heterocycles. The van der Waals surface area contributed by atoms with E-state index in [0.29, 0.717) is 16.8 Å². The van der Waals surface area contributed by atoms with Crippen LogP contribution in [0.1, 0.15) is 29.4 Å². The van der Waals surface area contributed by atoms with Gasteiger partial charge in [-0.3, -0.25) is 0 Å². The Labute approximate surface area is 125 Å². The fourth-order valence-electron chi connectivity index (χ4n) is 1.81. The Bertz CT molecular complexity index is 610. The first-order chi connectivity index (χ1) is 9.61. The van der Waals surface area contributed by atoms with Gasteiger partial charge in [-0.1, -0.05) is 6.92 Å². The van der Waals surface area contributed by atoms with E-state index in [0.717, 1.165) is 18.7 Å². The highest BCUT2D eigenvalue weighted by molar-refractivity contribution is 9.10. The number of hydrogen-bond acceptors (Lipinski definition) is 3. The van der Waals surface area contributed by atoms with E-state index in [1.165, 1.54) is 12.1 Å². The zero-order valence-electron chi connectivity index (χ0n) is 11.0. The van der Waals surface area contributed by atoms with Gasteiger partial charge in [-0.2, -0.15) is 0 Å². The molecule has 0 spiro atoms. The summed E-state index contributed by atoms with van der Waals surface area (Å²) in [4.78, 5) is 15.0. The minimum Gasteiger partial charge on any atom is -0.486 e. The van der Waals surface area contributed by atoms with Crippen LogP contribution in [0.4, 0.5) is 0 Å². The second-order valence-electron chi connectivity index (χ2n) is 4.32. The SMILES string of the molecule is CCCn1cncc1COc1ccc(C(=O)O)cc1Br. The number of halogens is 1. The monoisotopic (exact) mass is 338 g/mol. The van der Waals surface area contributed by atoms with Gasteiger partial charge in [0.1, 0.15) is 12.4 Å². The van der Waals surface area contributed by atoms with E-state index < -0.39 is 5.97 Å². The summed E-state index contributed by atoms with van der Waals surface area (Å²) in [6, 6.07) is 4.70. The number of aromatic nitrogens is 2. The molecule has 0 amide bonds. The van der Waals surface area contributed by atoms with Crippen molar-refractivity contribution in [3.8, 4) is 5.75 Å². The molecule has 0 aliphatic rings. The lowest BCUT2D eigenvalue weighted by Gasteiger charge is -2.10. The van der Waals surface area contributed by atoms with Gasteiger partial charge < -0.3 is 14.4 Å². The maximum atomic E-state index is 10.9. The molecule has 0 unspecified atom stereocenters. The number of benzene rings is 1. The molecule has 0 saturated heterocycles. The Morgan fingerprint density at radius 1 is 1.50 bits per heavy atom. The predicted octanol–water partition coefficient (Wildman–Crippen LogP) is 3.33. The van der Waals surface area contributed by atoms with Gasteiger partial charge in [0.15, 0.2) is 0 Å². The number of nitrogens with zero attached hydrogens (tertiary/aromatic N) is 2. The number of imidazole rings is 1. The number of aryl methyl sites for hydroxylation is 1. The lowest BCUT2D eigenvalue weighted by atomic mass is 10.2. The Hall–Kier alpha value is -1.82. The molecule has 0 aliphatic carbocycles. The van der Waals surface area contributed by atoms with Gasteiger partial charge in [0.25, 0.3) is 0 Å². The summed E-state index contributed by atoms with van der Waals surface area (Å²) in [7, 11) is 0.